The number of pyridine rings is 1. The van der Waals surface area contributed by atoms with Gasteiger partial charge in [0.15, 0.2) is 11.6 Å². The third-order valence-electron chi connectivity index (χ3n) is 1.44. The maximum absolute atomic E-state index is 13.2. The van der Waals surface area contributed by atoms with Crippen molar-refractivity contribution in [3.8, 4) is 0 Å². The molecule has 0 unspecified atom stereocenters. The summed E-state index contributed by atoms with van der Waals surface area (Å²) in [4.78, 5) is 3.83. The lowest BCUT2D eigenvalue weighted by molar-refractivity contribution is 0.583. The fourth-order valence-corrected chi connectivity index (χ4v) is 1.64. The van der Waals surface area contributed by atoms with Crippen molar-refractivity contribution in [3.63, 3.8) is 0 Å². The molecule has 78 valence electrons. The molecule has 6 heteroatoms. The first-order valence-electron chi connectivity index (χ1n) is 3.97. The summed E-state index contributed by atoms with van der Waals surface area (Å²) in [5, 5.41) is 2.71. The number of hydrogen-bond donors (Lipinski definition) is 1. The largest absolute Gasteiger partial charge is 0.361 e. The molecule has 0 fully saturated rings. The zero-order valence-corrected chi connectivity index (χ0v) is 10.4. The molecule has 0 bridgehead atoms. The third-order valence-corrected chi connectivity index (χ3v) is 2.79. The third kappa shape index (κ3) is 3.76. The minimum atomic E-state index is -2.19. The van der Waals surface area contributed by atoms with Crippen LogP contribution in [0.1, 0.15) is 0 Å². The highest BCUT2D eigenvalue weighted by Crippen LogP contribution is 2.35. The van der Waals surface area contributed by atoms with Crippen LogP contribution in [0.4, 0.5) is 10.2 Å². The van der Waals surface area contributed by atoms with E-state index in [1.807, 2.05) is 0 Å². The second kappa shape index (κ2) is 4.41. The van der Waals surface area contributed by atoms with Crippen LogP contribution in [0.2, 0.25) is 0 Å². The Morgan fingerprint density at radius 3 is 2.79 bits per heavy atom. The summed E-state index contributed by atoms with van der Waals surface area (Å²) in [5.41, 5.74) is 0. The first kappa shape index (κ1) is 11.7. The second-order valence-corrected chi connectivity index (χ2v) is 7.77. The Bertz CT molecular complexity index is 380. The molecule has 0 spiro atoms. The summed E-state index contributed by atoms with van der Waals surface area (Å²) in [7, 11) is -2.19. The van der Waals surface area contributed by atoms with Crippen LogP contribution in [-0.2, 0) is 4.57 Å². The van der Waals surface area contributed by atoms with Gasteiger partial charge in [0, 0.05) is 10.7 Å². The lowest BCUT2D eigenvalue weighted by atomic mass is 10.4. The van der Waals surface area contributed by atoms with E-state index < -0.39 is 13.0 Å². The van der Waals surface area contributed by atoms with E-state index in [1.165, 1.54) is 12.3 Å². The van der Waals surface area contributed by atoms with Gasteiger partial charge < -0.3 is 9.88 Å². The Morgan fingerprint density at radius 2 is 2.29 bits per heavy atom. The van der Waals surface area contributed by atoms with Crippen LogP contribution in [0.15, 0.2) is 16.7 Å². The highest BCUT2D eigenvalue weighted by atomic mass is 79.9. The summed E-state index contributed by atoms with van der Waals surface area (Å²) in [6.45, 7) is 3.27. The van der Waals surface area contributed by atoms with Crippen molar-refractivity contribution in [2.45, 2.75) is 0 Å². The van der Waals surface area contributed by atoms with Gasteiger partial charge in [0.25, 0.3) is 0 Å². The maximum atomic E-state index is 13.2. The van der Waals surface area contributed by atoms with Crippen molar-refractivity contribution in [3.05, 3.63) is 22.6 Å². The van der Waals surface area contributed by atoms with Crippen molar-refractivity contribution in [1.29, 1.82) is 0 Å². The van der Waals surface area contributed by atoms with Crippen LogP contribution < -0.4 is 5.32 Å². The molecule has 14 heavy (non-hydrogen) atoms. The van der Waals surface area contributed by atoms with Gasteiger partial charge in [0.1, 0.15) is 0 Å². The molecular formula is C8H11BrFN2OP. The number of halogens is 2. The zero-order valence-electron chi connectivity index (χ0n) is 7.92. The van der Waals surface area contributed by atoms with E-state index in [0.29, 0.717) is 4.47 Å². The number of nitrogens with one attached hydrogen (secondary N) is 1. The molecule has 1 rings (SSSR count). The number of aromatic nitrogens is 1. The lowest BCUT2D eigenvalue weighted by Crippen LogP contribution is -2.05. The first-order chi connectivity index (χ1) is 6.38. The van der Waals surface area contributed by atoms with E-state index in [0.717, 1.165) is 0 Å². The average Bonchev–Trinajstić information content (AvgIpc) is 2.00. The quantitative estimate of drug-likeness (QED) is 0.866. The topological polar surface area (TPSA) is 42.0 Å². The van der Waals surface area contributed by atoms with Gasteiger partial charge >= 0.3 is 0 Å². The van der Waals surface area contributed by atoms with Gasteiger partial charge in [-0.15, -0.1) is 0 Å². The van der Waals surface area contributed by atoms with E-state index >= 15 is 0 Å². The van der Waals surface area contributed by atoms with Gasteiger partial charge in [-0.05, 0) is 35.3 Å². The SMILES string of the molecule is CP(C)(=O)CNc1ncc(Br)cc1F. The average molecular weight is 281 g/mol. The van der Waals surface area contributed by atoms with E-state index in [4.69, 9.17) is 0 Å². The fraction of sp³-hybridized carbons (Fsp3) is 0.375. The van der Waals surface area contributed by atoms with E-state index in [9.17, 15) is 8.96 Å². The molecule has 3 nitrogen and oxygen atoms in total. The lowest BCUT2D eigenvalue weighted by Gasteiger charge is -2.09. The molecule has 0 saturated carbocycles. The van der Waals surface area contributed by atoms with Crippen LogP contribution in [-0.4, -0.2) is 24.6 Å². The Balaban J connectivity index is 2.73. The predicted octanol–water partition coefficient (Wildman–Crippen LogP) is 2.98. The van der Waals surface area contributed by atoms with Gasteiger partial charge in [-0.25, -0.2) is 9.37 Å². The monoisotopic (exact) mass is 280 g/mol. The summed E-state index contributed by atoms with van der Waals surface area (Å²) in [6.07, 6.45) is 1.74. The molecule has 0 amide bonds. The van der Waals surface area contributed by atoms with Crippen LogP contribution in [0.5, 0.6) is 0 Å². The predicted molar refractivity (Wildman–Crippen MR) is 59.8 cm³/mol. The Labute approximate surface area is 90.6 Å². The van der Waals surface area contributed by atoms with E-state index in [-0.39, 0.29) is 12.1 Å². The van der Waals surface area contributed by atoms with Crippen LogP contribution >= 0.6 is 23.1 Å². The van der Waals surface area contributed by atoms with Crippen molar-refractivity contribution in [2.75, 3.05) is 24.9 Å². The normalized spacial score (nSPS) is 11.4. The Morgan fingerprint density at radius 1 is 1.64 bits per heavy atom. The van der Waals surface area contributed by atoms with Crippen molar-refractivity contribution < 1.29 is 8.96 Å². The number of rotatable bonds is 3. The molecule has 0 aliphatic carbocycles. The molecule has 0 aromatic carbocycles. The Kier molecular flexibility index (Phi) is 3.67. The maximum Gasteiger partial charge on any atom is 0.166 e. The number of nitrogens with zero attached hydrogens (tertiary/aromatic N) is 1. The molecule has 0 atom stereocenters. The standard InChI is InChI=1S/C8H11BrFN2OP/c1-14(2,13)5-12-8-7(10)3-6(9)4-11-8/h3-4H,5H2,1-2H3,(H,11,12). The highest BCUT2D eigenvalue weighted by Gasteiger charge is 2.09. The smallest absolute Gasteiger partial charge is 0.166 e. The van der Waals surface area contributed by atoms with Gasteiger partial charge in [0.05, 0.1) is 13.4 Å². The van der Waals surface area contributed by atoms with Crippen LogP contribution in [0.25, 0.3) is 0 Å². The highest BCUT2D eigenvalue weighted by molar-refractivity contribution is 9.10. The van der Waals surface area contributed by atoms with Crippen LogP contribution in [0.3, 0.4) is 0 Å². The summed E-state index contributed by atoms with van der Waals surface area (Å²) >= 11 is 3.10. The van der Waals surface area contributed by atoms with Crippen molar-refractivity contribution in [1.82, 2.24) is 4.98 Å². The zero-order chi connectivity index (χ0) is 10.8. The molecule has 1 heterocycles. The second-order valence-electron chi connectivity index (χ2n) is 3.39. The summed E-state index contributed by atoms with van der Waals surface area (Å²) < 4.78 is 25.1. The van der Waals surface area contributed by atoms with Gasteiger partial charge in [-0.1, -0.05) is 0 Å². The molecule has 1 N–H and O–H groups in total. The molecule has 0 aliphatic heterocycles. The first-order valence-corrected chi connectivity index (χ1v) is 7.55. The van der Waals surface area contributed by atoms with Crippen LogP contribution in [0, 0.1) is 5.82 Å². The molecular weight excluding hydrogens is 270 g/mol. The minimum Gasteiger partial charge on any atom is -0.361 e. The van der Waals surface area contributed by atoms with Gasteiger partial charge in [-0.3, -0.25) is 0 Å². The van der Waals surface area contributed by atoms with Crippen molar-refractivity contribution in [2.24, 2.45) is 0 Å². The Hall–Kier alpha value is -0.410. The van der Waals surface area contributed by atoms with Gasteiger partial charge in [-0.2, -0.15) is 0 Å². The van der Waals surface area contributed by atoms with Gasteiger partial charge in [0.2, 0.25) is 0 Å². The number of anilines is 1. The number of hydrogen-bond acceptors (Lipinski definition) is 3. The summed E-state index contributed by atoms with van der Waals surface area (Å²) in [5.74, 6) is -0.315. The van der Waals surface area contributed by atoms with E-state index in [1.54, 1.807) is 13.3 Å². The van der Waals surface area contributed by atoms with Crippen molar-refractivity contribution >= 4 is 28.9 Å². The molecule has 0 aliphatic rings. The molecule has 0 saturated heterocycles. The fourth-order valence-electron chi connectivity index (χ4n) is 0.810. The molecule has 0 radical (unpaired) electrons. The molecule has 1 aromatic heterocycles. The summed E-state index contributed by atoms with van der Waals surface area (Å²) in [6, 6.07) is 1.31. The minimum absolute atomic E-state index is 0.136. The van der Waals surface area contributed by atoms with E-state index in [2.05, 4.69) is 26.2 Å². The molecule has 1 aromatic rings.